The summed E-state index contributed by atoms with van der Waals surface area (Å²) >= 11 is 0. The fourth-order valence-corrected chi connectivity index (χ4v) is 4.90. The summed E-state index contributed by atoms with van der Waals surface area (Å²) in [5.41, 5.74) is 1.84. The lowest BCUT2D eigenvalue weighted by Crippen LogP contribution is -2.62. The predicted molar refractivity (Wildman–Crippen MR) is 104 cm³/mol. The first-order valence-corrected chi connectivity index (χ1v) is 10.0. The summed E-state index contributed by atoms with van der Waals surface area (Å²) in [7, 11) is 0. The molecule has 0 saturated carbocycles. The van der Waals surface area contributed by atoms with Crippen LogP contribution in [0, 0.1) is 5.92 Å². The highest BCUT2D eigenvalue weighted by Crippen LogP contribution is 2.33. The largest absolute Gasteiger partial charge is 0.460 e. The first kappa shape index (κ1) is 17.5. The molecule has 0 aromatic carbocycles. The Labute approximate surface area is 163 Å². The number of hydrogen-bond acceptors (Lipinski definition) is 6. The van der Waals surface area contributed by atoms with E-state index in [2.05, 4.69) is 27.4 Å². The number of furan rings is 1. The smallest absolute Gasteiger partial charge is 0.270 e. The number of piperazine rings is 1. The van der Waals surface area contributed by atoms with Gasteiger partial charge >= 0.3 is 0 Å². The third-order valence-electron chi connectivity index (χ3n) is 6.53. The number of carbonyl (C=O) groups is 2. The van der Waals surface area contributed by atoms with Crippen molar-refractivity contribution in [2.24, 2.45) is 5.92 Å². The molecule has 2 aromatic rings. The SMILES string of the molecule is CC1C(NC(=O)c2cc3c(N4CCNC(=O)C4)coc3cn2)C2CCN1CC2. The lowest BCUT2D eigenvalue weighted by Gasteiger charge is -2.49. The number of amides is 2. The van der Waals surface area contributed by atoms with Crippen LogP contribution in [-0.2, 0) is 4.79 Å². The van der Waals surface area contributed by atoms with Gasteiger partial charge in [-0.15, -0.1) is 0 Å². The van der Waals surface area contributed by atoms with Crippen molar-refractivity contribution in [2.45, 2.75) is 31.8 Å². The van der Waals surface area contributed by atoms with Gasteiger partial charge in [-0.25, -0.2) is 4.98 Å². The number of piperidine rings is 3. The number of pyridine rings is 1. The van der Waals surface area contributed by atoms with Crippen molar-refractivity contribution >= 4 is 28.5 Å². The molecule has 2 aromatic heterocycles. The van der Waals surface area contributed by atoms with Crippen LogP contribution < -0.4 is 15.5 Å². The van der Waals surface area contributed by atoms with E-state index in [4.69, 9.17) is 4.42 Å². The van der Waals surface area contributed by atoms with Crippen molar-refractivity contribution in [2.75, 3.05) is 37.6 Å². The Morgan fingerprint density at radius 2 is 2.14 bits per heavy atom. The van der Waals surface area contributed by atoms with Gasteiger partial charge in [0.2, 0.25) is 5.91 Å². The summed E-state index contributed by atoms with van der Waals surface area (Å²) in [6, 6.07) is 2.31. The van der Waals surface area contributed by atoms with Crippen LogP contribution in [0.1, 0.15) is 30.3 Å². The van der Waals surface area contributed by atoms with Crippen LogP contribution in [0.15, 0.2) is 22.9 Å². The Kier molecular flexibility index (Phi) is 4.23. The number of nitrogens with zero attached hydrogens (tertiary/aromatic N) is 3. The molecule has 4 saturated heterocycles. The molecule has 4 aliphatic rings. The van der Waals surface area contributed by atoms with E-state index in [1.807, 2.05) is 4.90 Å². The standard InChI is InChI=1S/C20H25N5O3/c1-12-19(13-2-5-24(12)6-3-13)23-20(27)15-8-14-16(11-28-17(14)9-22-15)25-7-4-21-18(26)10-25/h8-9,11-13,19H,2-7,10H2,1H3,(H,21,26)(H,23,27). The van der Waals surface area contributed by atoms with E-state index >= 15 is 0 Å². The van der Waals surface area contributed by atoms with E-state index in [-0.39, 0.29) is 24.4 Å². The van der Waals surface area contributed by atoms with E-state index in [0.29, 0.717) is 36.3 Å². The van der Waals surface area contributed by atoms with E-state index in [0.717, 1.165) is 37.0 Å². The molecule has 2 bridgehead atoms. The average Bonchev–Trinajstić information content (AvgIpc) is 3.14. The number of anilines is 1. The van der Waals surface area contributed by atoms with Crippen LogP contribution in [-0.4, -0.2) is 66.5 Å². The molecular weight excluding hydrogens is 358 g/mol. The maximum absolute atomic E-state index is 12.9. The summed E-state index contributed by atoms with van der Waals surface area (Å²) in [5, 5.41) is 6.87. The minimum Gasteiger partial charge on any atom is -0.460 e. The van der Waals surface area contributed by atoms with Gasteiger partial charge in [0.25, 0.3) is 5.91 Å². The Hall–Kier alpha value is -2.61. The van der Waals surface area contributed by atoms with Gasteiger partial charge in [-0.2, -0.15) is 0 Å². The minimum atomic E-state index is -0.143. The maximum Gasteiger partial charge on any atom is 0.270 e. The van der Waals surface area contributed by atoms with Gasteiger partial charge in [-0.3, -0.25) is 14.5 Å². The van der Waals surface area contributed by atoms with Crippen LogP contribution in [0.25, 0.3) is 11.0 Å². The second-order valence-electron chi connectivity index (χ2n) is 8.07. The van der Waals surface area contributed by atoms with E-state index in [1.54, 1.807) is 18.5 Å². The summed E-state index contributed by atoms with van der Waals surface area (Å²) in [5.74, 6) is 0.393. The Balaban J connectivity index is 1.39. The molecule has 2 atom stereocenters. The lowest BCUT2D eigenvalue weighted by atomic mass is 9.79. The van der Waals surface area contributed by atoms with Crippen molar-refractivity contribution in [3.05, 3.63) is 24.2 Å². The number of aromatic nitrogens is 1. The number of rotatable bonds is 3. The van der Waals surface area contributed by atoms with Gasteiger partial charge in [0, 0.05) is 30.6 Å². The van der Waals surface area contributed by atoms with Crippen LogP contribution in [0.2, 0.25) is 0 Å². The van der Waals surface area contributed by atoms with Crippen LogP contribution >= 0.6 is 0 Å². The molecule has 2 unspecified atom stereocenters. The zero-order chi connectivity index (χ0) is 19.3. The number of carbonyl (C=O) groups excluding carboxylic acids is 2. The van der Waals surface area contributed by atoms with Crippen molar-refractivity contribution in [1.82, 2.24) is 20.5 Å². The molecule has 0 radical (unpaired) electrons. The minimum absolute atomic E-state index is 0.0102. The number of nitrogens with one attached hydrogen (secondary N) is 2. The third-order valence-corrected chi connectivity index (χ3v) is 6.53. The molecule has 2 amide bonds. The fraction of sp³-hybridized carbons (Fsp3) is 0.550. The van der Waals surface area contributed by atoms with E-state index in [9.17, 15) is 9.59 Å². The Bertz CT molecular complexity index is 916. The summed E-state index contributed by atoms with van der Waals surface area (Å²) < 4.78 is 5.61. The zero-order valence-electron chi connectivity index (χ0n) is 16.0. The van der Waals surface area contributed by atoms with Gasteiger partial charge in [-0.05, 0) is 44.8 Å². The van der Waals surface area contributed by atoms with Crippen molar-refractivity contribution in [3.8, 4) is 0 Å². The van der Waals surface area contributed by atoms with Crippen molar-refractivity contribution in [1.29, 1.82) is 0 Å². The monoisotopic (exact) mass is 383 g/mol. The van der Waals surface area contributed by atoms with E-state index in [1.165, 1.54) is 0 Å². The van der Waals surface area contributed by atoms with Crippen molar-refractivity contribution in [3.63, 3.8) is 0 Å². The molecule has 4 fully saturated rings. The molecule has 0 spiro atoms. The molecular formula is C20H25N5O3. The van der Waals surface area contributed by atoms with Crippen LogP contribution in [0.5, 0.6) is 0 Å². The number of fused-ring (bicyclic) bond motifs is 4. The first-order valence-electron chi connectivity index (χ1n) is 10.0. The second-order valence-corrected chi connectivity index (χ2v) is 8.07. The summed E-state index contributed by atoms with van der Waals surface area (Å²) in [6.45, 7) is 6.05. The van der Waals surface area contributed by atoms with Gasteiger partial charge in [0.05, 0.1) is 18.4 Å². The van der Waals surface area contributed by atoms with Crippen molar-refractivity contribution < 1.29 is 14.0 Å². The topological polar surface area (TPSA) is 90.7 Å². The number of hydrogen-bond donors (Lipinski definition) is 2. The quantitative estimate of drug-likeness (QED) is 0.821. The molecule has 28 heavy (non-hydrogen) atoms. The zero-order valence-corrected chi connectivity index (χ0v) is 16.0. The van der Waals surface area contributed by atoms with E-state index < -0.39 is 0 Å². The fourth-order valence-electron chi connectivity index (χ4n) is 4.90. The predicted octanol–water partition coefficient (Wildman–Crippen LogP) is 0.977. The van der Waals surface area contributed by atoms with Gasteiger partial charge in [0.15, 0.2) is 5.58 Å². The first-order chi connectivity index (χ1) is 13.6. The Morgan fingerprint density at radius 3 is 2.89 bits per heavy atom. The molecule has 0 aliphatic carbocycles. The third kappa shape index (κ3) is 2.92. The lowest BCUT2D eigenvalue weighted by molar-refractivity contribution is -0.120. The molecule has 4 aliphatic heterocycles. The van der Waals surface area contributed by atoms with Gasteiger partial charge in [-0.1, -0.05) is 0 Å². The molecule has 6 heterocycles. The maximum atomic E-state index is 12.9. The highest BCUT2D eigenvalue weighted by molar-refractivity contribution is 6.00. The summed E-state index contributed by atoms with van der Waals surface area (Å²) in [6.07, 6.45) is 5.52. The molecule has 2 N–H and O–H groups in total. The highest BCUT2D eigenvalue weighted by atomic mass is 16.3. The average molecular weight is 383 g/mol. The molecule has 8 heteroatoms. The molecule has 148 valence electrons. The van der Waals surface area contributed by atoms with Gasteiger partial charge < -0.3 is 20.0 Å². The van der Waals surface area contributed by atoms with Crippen LogP contribution in [0.4, 0.5) is 5.69 Å². The second kappa shape index (κ2) is 6.77. The molecule has 8 nitrogen and oxygen atoms in total. The normalized spacial score (nSPS) is 29.8. The van der Waals surface area contributed by atoms with Gasteiger partial charge in [0.1, 0.15) is 12.0 Å². The van der Waals surface area contributed by atoms with Crippen LogP contribution in [0.3, 0.4) is 0 Å². The Morgan fingerprint density at radius 1 is 1.32 bits per heavy atom. The summed E-state index contributed by atoms with van der Waals surface area (Å²) in [4.78, 5) is 33.4. The highest BCUT2D eigenvalue weighted by Gasteiger charge is 2.40. The molecule has 6 rings (SSSR count).